The fourth-order valence-corrected chi connectivity index (χ4v) is 3.53. The summed E-state index contributed by atoms with van der Waals surface area (Å²) in [6.45, 7) is 1.88. The summed E-state index contributed by atoms with van der Waals surface area (Å²) in [6.07, 6.45) is 1.54. The standard InChI is InChI=1S/C17H12BrCl2FN2/c1-9(11-4-2-3-5-15(11)21)23-17-12-6-10(18)7-13(19)16(12)22-8-14(17)20/h2-9H,1H3,(H,22,23). The molecule has 0 amide bonds. The van der Waals surface area contributed by atoms with Crippen molar-refractivity contribution >= 4 is 55.7 Å². The van der Waals surface area contributed by atoms with Gasteiger partial charge < -0.3 is 5.32 Å². The fraction of sp³-hybridized carbons (Fsp3) is 0.118. The molecule has 0 fully saturated rings. The average Bonchev–Trinajstić information content (AvgIpc) is 2.50. The number of pyridine rings is 1. The lowest BCUT2D eigenvalue weighted by Crippen LogP contribution is -2.09. The van der Waals surface area contributed by atoms with Crippen LogP contribution in [0.3, 0.4) is 0 Å². The van der Waals surface area contributed by atoms with Crippen LogP contribution in [-0.4, -0.2) is 4.98 Å². The van der Waals surface area contributed by atoms with Gasteiger partial charge in [-0.1, -0.05) is 57.3 Å². The lowest BCUT2D eigenvalue weighted by molar-refractivity contribution is 0.600. The quantitative estimate of drug-likeness (QED) is 0.522. The number of nitrogens with one attached hydrogen (secondary N) is 1. The number of fused-ring (bicyclic) bond motifs is 1. The van der Waals surface area contributed by atoms with E-state index in [4.69, 9.17) is 23.2 Å². The van der Waals surface area contributed by atoms with Crippen LogP contribution in [0, 0.1) is 5.82 Å². The molecule has 1 N–H and O–H groups in total. The third-order valence-electron chi connectivity index (χ3n) is 3.58. The van der Waals surface area contributed by atoms with Gasteiger partial charge in [0.1, 0.15) is 5.82 Å². The molecule has 1 aromatic heterocycles. The molecule has 2 aromatic carbocycles. The van der Waals surface area contributed by atoms with Crippen LogP contribution in [0.4, 0.5) is 10.1 Å². The van der Waals surface area contributed by atoms with Crippen LogP contribution < -0.4 is 5.32 Å². The maximum Gasteiger partial charge on any atom is 0.128 e. The van der Waals surface area contributed by atoms with Gasteiger partial charge in [-0.2, -0.15) is 0 Å². The minimum atomic E-state index is -0.267. The second-order valence-electron chi connectivity index (χ2n) is 5.15. The molecule has 0 aliphatic heterocycles. The van der Waals surface area contributed by atoms with Crippen LogP contribution >= 0.6 is 39.1 Å². The SMILES string of the molecule is CC(Nc1c(Cl)cnc2c(Cl)cc(Br)cc12)c1ccccc1F. The largest absolute Gasteiger partial charge is 0.377 e. The Hall–Kier alpha value is -1.36. The van der Waals surface area contributed by atoms with E-state index in [9.17, 15) is 4.39 Å². The summed E-state index contributed by atoms with van der Waals surface area (Å²) < 4.78 is 14.8. The van der Waals surface area contributed by atoms with Gasteiger partial charge in [0.25, 0.3) is 0 Å². The first-order valence-corrected chi connectivity index (χ1v) is 8.46. The first kappa shape index (κ1) is 16.5. The van der Waals surface area contributed by atoms with Crippen LogP contribution in [0.5, 0.6) is 0 Å². The highest BCUT2D eigenvalue weighted by Crippen LogP contribution is 2.37. The highest BCUT2D eigenvalue weighted by molar-refractivity contribution is 9.10. The van der Waals surface area contributed by atoms with Gasteiger partial charge in [-0.25, -0.2) is 4.39 Å². The Morgan fingerprint density at radius 1 is 1.17 bits per heavy atom. The van der Waals surface area contributed by atoms with Gasteiger partial charge in [0.2, 0.25) is 0 Å². The van der Waals surface area contributed by atoms with E-state index < -0.39 is 0 Å². The summed E-state index contributed by atoms with van der Waals surface area (Å²) in [7, 11) is 0. The summed E-state index contributed by atoms with van der Waals surface area (Å²) in [5, 5.41) is 5.03. The Morgan fingerprint density at radius 2 is 1.91 bits per heavy atom. The number of hydrogen-bond acceptors (Lipinski definition) is 2. The first-order chi connectivity index (χ1) is 11.0. The van der Waals surface area contributed by atoms with Crippen molar-refractivity contribution in [3.8, 4) is 0 Å². The van der Waals surface area contributed by atoms with Crippen LogP contribution in [0.1, 0.15) is 18.5 Å². The van der Waals surface area contributed by atoms with Crippen molar-refractivity contribution in [3.05, 3.63) is 68.5 Å². The molecule has 0 aliphatic carbocycles. The Kier molecular flexibility index (Phi) is 4.76. The number of benzene rings is 2. The highest BCUT2D eigenvalue weighted by Gasteiger charge is 2.16. The number of nitrogens with zero attached hydrogens (tertiary/aromatic N) is 1. The molecule has 1 atom stereocenters. The molecule has 0 spiro atoms. The molecule has 0 aliphatic rings. The van der Waals surface area contributed by atoms with E-state index in [1.165, 1.54) is 6.07 Å². The van der Waals surface area contributed by atoms with Crippen LogP contribution in [0.25, 0.3) is 10.9 Å². The van der Waals surface area contributed by atoms with E-state index >= 15 is 0 Å². The molecule has 0 radical (unpaired) electrons. The normalized spacial score (nSPS) is 12.4. The first-order valence-electron chi connectivity index (χ1n) is 6.91. The Balaban J connectivity index is 2.09. The summed E-state index contributed by atoms with van der Waals surface area (Å²) in [5.74, 6) is -0.263. The van der Waals surface area contributed by atoms with Crippen LogP contribution in [-0.2, 0) is 0 Å². The van der Waals surface area contributed by atoms with Crippen molar-refractivity contribution in [1.82, 2.24) is 4.98 Å². The van der Waals surface area contributed by atoms with Crippen LogP contribution in [0.15, 0.2) is 47.1 Å². The molecule has 1 heterocycles. The molecule has 0 saturated heterocycles. The monoisotopic (exact) mass is 412 g/mol. The molecule has 6 heteroatoms. The Morgan fingerprint density at radius 3 is 2.65 bits per heavy atom. The van der Waals surface area contributed by atoms with Crippen molar-refractivity contribution in [2.75, 3.05) is 5.32 Å². The van der Waals surface area contributed by atoms with Crippen molar-refractivity contribution in [2.45, 2.75) is 13.0 Å². The number of halogens is 4. The molecule has 2 nitrogen and oxygen atoms in total. The molecule has 0 bridgehead atoms. The average molecular weight is 414 g/mol. The van der Waals surface area contributed by atoms with E-state index in [-0.39, 0.29) is 11.9 Å². The number of anilines is 1. The van der Waals surface area contributed by atoms with Gasteiger partial charge >= 0.3 is 0 Å². The Bertz CT molecular complexity index is 886. The lowest BCUT2D eigenvalue weighted by Gasteiger charge is -2.19. The highest BCUT2D eigenvalue weighted by atomic mass is 79.9. The lowest BCUT2D eigenvalue weighted by atomic mass is 10.1. The molecular formula is C17H12BrCl2FN2. The molecule has 1 unspecified atom stereocenters. The maximum absolute atomic E-state index is 14.0. The van der Waals surface area contributed by atoms with Crippen molar-refractivity contribution < 1.29 is 4.39 Å². The van der Waals surface area contributed by atoms with E-state index in [1.54, 1.807) is 30.5 Å². The molecule has 118 valence electrons. The van der Waals surface area contributed by atoms with Crippen LogP contribution in [0.2, 0.25) is 10.0 Å². The smallest absolute Gasteiger partial charge is 0.128 e. The third kappa shape index (κ3) is 3.30. The van der Waals surface area contributed by atoms with Gasteiger partial charge in [0, 0.05) is 21.6 Å². The minimum Gasteiger partial charge on any atom is -0.377 e. The van der Waals surface area contributed by atoms with Crippen molar-refractivity contribution in [3.63, 3.8) is 0 Å². The zero-order valence-corrected chi connectivity index (χ0v) is 15.2. The minimum absolute atomic E-state index is 0.263. The predicted molar refractivity (Wildman–Crippen MR) is 97.9 cm³/mol. The van der Waals surface area contributed by atoms with Gasteiger partial charge in [0.05, 0.1) is 27.3 Å². The molecular weight excluding hydrogens is 402 g/mol. The predicted octanol–water partition coefficient (Wildman–Crippen LogP) is 6.62. The van der Waals surface area contributed by atoms with E-state index in [1.807, 2.05) is 13.0 Å². The zero-order valence-electron chi connectivity index (χ0n) is 12.1. The van der Waals surface area contributed by atoms with Gasteiger partial charge in [-0.05, 0) is 25.1 Å². The molecule has 0 saturated carbocycles. The van der Waals surface area contributed by atoms with E-state index in [2.05, 4.69) is 26.2 Å². The van der Waals surface area contributed by atoms with Crippen molar-refractivity contribution in [2.24, 2.45) is 0 Å². The summed E-state index contributed by atoms with van der Waals surface area (Å²) in [4.78, 5) is 4.28. The fourth-order valence-electron chi connectivity index (χ4n) is 2.47. The maximum atomic E-state index is 14.0. The zero-order chi connectivity index (χ0) is 16.6. The second kappa shape index (κ2) is 6.63. The van der Waals surface area contributed by atoms with E-state index in [0.29, 0.717) is 26.8 Å². The molecule has 3 aromatic rings. The number of rotatable bonds is 3. The topological polar surface area (TPSA) is 24.9 Å². The molecule has 23 heavy (non-hydrogen) atoms. The van der Waals surface area contributed by atoms with Gasteiger partial charge in [-0.15, -0.1) is 0 Å². The molecule has 3 rings (SSSR count). The second-order valence-corrected chi connectivity index (χ2v) is 6.88. The number of aromatic nitrogens is 1. The Labute approximate surface area is 151 Å². The van der Waals surface area contributed by atoms with Gasteiger partial charge in [0.15, 0.2) is 0 Å². The number of hydrogen-bond donors (Lipinski definition) is 1. The van der Waals surface area contributed by atoms with Gasteiger partial charge in [-0.3, -0.25) is 4.98 Å². The summed E-state index contributed by atoms with van der Waals surface area (Å²) >= 11 is 16.0. The summed E-state index contributed by atoms with van der Waals surface area (Å²) in [6, 6.07) is 10.0. The van der Waals surface area contributed by atoms with E-state index in [0.717, 1.165) is 9.86 Å². The summed E-state index contributed by atoms with van der Waals surface area (Å²) in [5.41, 5.74) is 1.88. The van der Waals surface area contributed by atoms with Crippen molar-refractivity contribution in [1.29, 1.82) is 0 Å². The third-order valence-corrected chi connectivity index (χ3v) is 4.61.